The third kappa shape index (κ3) is 3.60. The molecule has 4 heteroatoms. The number of hydrogen-bond acceptors (Lipinski definition) is 3. The van der Waals surface area contributed by atoms with Crippen LogP contribution in [0.3, 0.4) is 0 Å². The molecule has 3 N–H and O–H groups in total. The molecule has 0 spiro atoms. The highest BCUT2D eigenvalue weighted by Crippen LogP contribution is 2.32. The van der Waals surface area contributed by atoms with E-state index >= 15 is 0 Å². The molecule has 2 atom stereocenters. The molecule has 0 bridgehead atoms. The Morgan fingerprint density at radius 2 is 2.12 bits per heavy atom. The van der Waals surface area contributed by atoms with Crippen molar-refractivity contribution in [3.8, 4) is 5.75 Å². The van der Waals surface area contributed by atoms with E-state index in [1.807, 2.05) is 33.0 Å². The van der Waals surface area contributed by atoms with Crippen molar-refractivity contribution < 1.29 is 4.74 Å². The summed E-state index contributed by atoms with van der Waals surface area (Å²) in [5.74, 6) is 0.854. The average Bonchev–Trinajstić information content (AvgIpc) is 2.28. The minimum atomic E-state index is 0.122. The van der Waals surface area contributed by atoms with Crippen molar-refractivity contribution in [3.05, 3.63) is 28.3 Å². The highest BCUT2D eigenvalue weighted by Gasteiger charge is 2.17. The number of aryl methyl sites for hydroxylation is 1. The Morgan fingerprint density at radius 1 is 1.47 bits per heavy atom. The molecule has 3 nitrogen and oxygen atoms in total. The predicted molar refractivity (Wildman–Crippen MR) is 72.8 cm³/mol. The molecule has 0 aliphatic rings. The van der Waals surface area contributed by atoms with Crippen LogP contribution in [0.2, 0.25) is 5.02 Å². The second kappa shape index (κ2) is 6.24. The van der Waals surface area contributed by atoms with Crippen LogP contribution < -0.4 is 15.8 Å². The summed E-state index contributed by atoms with van der Waals surface area (Å²) in [4.78, 5) is 0. The maximum absolute atomic E-state index is 6.17. The van der Waals surface area contributed by atoms with Crippen molar-refractivity contribution in [1.29, 1.82) is 0 Å². The Balaban J connectivity index is 3.12. The van der Waals surface area contributed by atoms with Crippen LogP contribution in [0.15, 0.2) is 12.1 Å². The normalized spacial score (nSPS) is 14.5. The molecule has 1 aromatic rings. The Kier molecular flexibility index (Phi) is 5.25. The molecule has 0 saturated carbocycles. The van der Waals surface area contributed by atoms with Crippen molar-refractivity contribution in [2.24, 2.45) is 5.73 Å². The number of ether oxygens (including phenoxy) is 1. The molecular formula is C13H21ClN2O. The van der Waals surface area contributed by atoms with Crippen LogP contribution in [0.25, 0.3) is 0 Å². The quantitative estimate of drug-likeness (QED) is 0.852. The second-order valence-electron chi connectivity index (χ2n) is 4.40. The summed E-state index contributed by atoms with van der Waals surface area (Å²) in [5.41, 5.74) is 7.93. The van der Waals surface area contributed by atoms with Crippen LogP contribution in [-0.4, -0.2) is 20.2 Å². The lowest BCUT2D eigenvalue weighted by Crippen LogP contribution is -2.26. The maximum Gasteiger partial charge on any atom is 0.124 e. The van der Waals surface area contributed by atoms with Gasteiger partial charge in [-0.3, -0.25) is 0 Å². The standard InChI is InChI=1S/C13H21ClN2O/c1-8-5-13(17-4)10(7-11(8)14)12(16-3)6-9(2)15/h5,7,9,12,16H,6,15H2,1-4H3. The third-order valence-corrected chi connectivity index (χ3v) is 3.25. The van der Waals surface area contributed by atoms with Gasteiger partial charge in [-0.2, -0.15) is 0 Å². The summed E-state index contributed by atoms with van der Waals surface area (Å²) in [6, 6.07) is 4.20. The number of rotatable bonds is 5. The molecule has 0 fully saturated rings. The zero-order valence-corrected chi connectivity index (χ0v) is 11.6. The first-order valence-electron chi connectivity index (χ1n) is 5.76. The fourth-order valence-corrected chi connectivity index (χ4v) is 2.06. The lowest BCUT2D eigenvalue weighted by Gasteiger charge is -2.22. The maximum atomic E-state index is 6.17. The summed E-state index contributed by atoms with van der Waals surface area (Å²) >= 11 is 6.17. The van der Waals surface area contributed by atoms with Gasteiger partial charge in [0, 0.05) is 22.7 Å². The number of nitrogens with two attached hydrogens (primary N) is 1. The van der Waals surface area contributed by atoms with Crippen molar-refractivity contribution in [1.82, 2.24) is 5.32 Å². The molecule has 17 heavy (non-hydrogen) atoms. The van der Waals surface area contributed by atoms with E-state index in [1.54, 1.807) is 7.11 Å². The van der Waals surface area contributed by atoms with Crippen molar-refractivity contribution >= 4 is 11.6 Å². The van der Waals surface area contributed by atoms with Gasteiger partial charge in [0.2, 0.25) is 0 Å². The zero-order chi connectivity index (χ0) is 13.0. The van der Waals surface area contributed by atoms with E-state index in [0.29, 0.717) is 0 Å². The van der Waals surface area contributed by atoms with Gasteiger partial charge in [-0.25, -0.2) is 0 Å². The number of methoxy groups -OCH3 is 1. The number of nitrogens with one attached hydrogen (secondary N) is 1. The third-order valence-electron chi connectivity index (χ3n) is 2.84. The Labute approximate surface area is 108 Å². The molecule has 0 aliphatic carbocycles. The highest BCUT2D eigenvalue weighted by atomic mass is 35.5. The van der Waals surface area contributed by atoms with Gasteiger partial charge < -0.3 is 15.8 Å². The van der Waals surface area contributed by atoms with Gasteiger partial charge in [0.25, 0.3) is 0 Å². The predicted octanol–water partition coefficient (Wildman–Crippen LogP) is 2.65. The van der Waals surface area contributed by atoms with E-state index in [9.17, 15) is 0 Å². The molecule has 0 aromatic heterocycles. The van der Waals surface area contributed by atoms with Gasteiger partial charge in [-0.1, -0.05) is 11.6 Å². The van der Waals surface area contributed by atoms with Crippen LogP contribution >= 0.6 is 11.6 Å². The van der Waals surface area contributed by atoms with E-state index in [2.05, 4.69) is 5.32 Å². The molecule has 2 unspecified atom stereocenters. The van der Waals surface area contributed by atoms with E-state index in [1.165, 1.54) is 0 Å². The summed E-state index contributed by atoms with van der Waals surface area (Å²) in [6.07, 6.45) is 0.840. The van der Waals surface area contributed by atoms with E-state index < -0.39 is 0 Å². The van der Waals surface area contributed by atoms with Gasteiger partial charge >= 0.3 is 0 Å². The van der Waals surface area contributed by atoms with Crippen LogP contribution in [0.5, 0.6) is 5.75 Å². The van der Waals surface area contributed by atoms with Crippen molar-refractivity contribution in [2.75, 3.05) is 14.2 Å². The monoisotopic (exact) mass is 256 g/mol. The van der Waals surface area contributed by atoms with Gasteiger partial charge in [0.15, 0.2) is 0 Å². The summed E-state index contributed by atoms with van der Waals surface area (Å²) < 4.78 is 5.41. The number of benzene rings is 1. The molecule has 0 heterocycles. The molecule has 0 amide bonds. The molecule has 1 rings (SSSR count). The first kappa shape index (κ1) is 14.3. The zero-order valence-electron chi connectivity index (χ0n) is 10.9. The molecule has 0 aliphatic heterocycles. The van der Waals surface area contributed by atoms with Gasteiger partial charge in [0.05, 0.1) is 7.11 Å². The topological polar surface area (TPSA) is 47.3 Å². The fourth-order valence-electron chi connectivity index (χ4n) is 1.89. The smallest absolute Gasteiger partial charge is 0.124 e. The van der Waals surface area contributed by atoms with Crippen LogP contribution in [0.1, 0.15) is 30.5 Å². The number of hydrogen-bond donors (Lipinski definition) is 2. The highest BCUT2D eigenvalue weighted by molar-refractivity contribution is 6.31. The SMILES string of the molecule is CNC(CC(C)N)c1cc(Cl)c(C)cc1OC. The van der Waals surface area contributed by atoms with Gasteiger partial charge in [0.1, 0.15) is 5.75 Å². The largest absolute Gasteiger partial charge is 0.496 e. The number of halogens is 1. The van der Waals surface area contributed by atoms with Crippen LogP contribution in [0, 0.1) is 6.92 Å². The van der Waals surface area contributed by atoms with Gasteiger partial charge in [-0.05, 0) is 45.0 Å². The summed E-state index contributed by atoms with van der Waals surface area (Å²) in [6.45, 7) is 3.96. The van der Waals surface area contributed by atoms with E-state index in [0.717, 1.165) is 28.3 Å². The van der Waals surface area contributed by atoms with Gasteiger partial charge in [-0.15, -0.1) is 0 Å². The first-order valence-corrected chi connectivity index (χ1v) is 6.14. The molecule has 96 valence electrons. The Morgan fingerprint density at radius 3 is 2.59 bits per heavy atom. The lowest BCUT2D eigenvalue weighted by molar-refractivity contribution is 0.395. The minimum absolute atomic E-state index is 0.122. The van der Waals surface area contributed by atoms with Crippen LogP contribution in [-0.2, 0) is 0 Å². The molecule has 1 aromatic carbocycles. The summed E-state index contributed by atoms with van der Waals surface area (Å²) in [7, 11) is 3.59. The summed E-state index contributed by atoms with van der Waals surface area (Å²) in [5, 5.41) is 4.01. The average molecular weight is 257 g/mol. The van der Waals surface area contributed by atoms with E-state index in [4.69, 9.17) is 22.1 Å². The lowest BCUT2D eigenvalue weighted by atomic mass is 9.98. The Bertz CT molecular complexity index is 380. The first-order chi connectivity index (χ1) is 7.99. The Hall–Kier alpha value is -0.770. The fraction of sp³-hybridized carbons (Fsp3) is 0.538. The van der Waals surface area contributed by atoms with Crippen LogP contribution in [0.4, 0.5) is 0 Å². The minimum Gasteiger partial charge on any atom is -0.496 e. The molecule has 0 radical (unpaired) electrons. The molecular weight excluding hydrogens is 236 g/mol. The second-order valence-corrected chi connectivity index (χ2v) is 4.80. The van der Waals surface area contributed by atoms with E-state index in [-0.39, 0.29) is 12.1 Å². The van der Waals surface area contributed by atoms with Crippen molar-refractivity contribution in [3.63, 3.8) is 0 Å². The molecule has 0 saturated heterocycles. The van der Waals surface area contributed by atoms with Crippen molar-refractivity contribution in [2.45, 2.75) is 32.4 Å².